The highest BCUT2D eigenvalue weighted by Gasteiger charge is 2.12. The van der Waals surface area contributed by atoms with Crippen molar-refractivity contribution in [2.24, 2.45) is 0 Å². The van der Waals surface area contributed by atoms with E-state index >= 15 is 0 Å². The molecule has 5 nitrogen and oxygen atoms in total. The van der Waals surface area contributed by atoms with Gasteiger partial charge in [0.05, 0.1) is 30.7 Å². The molecule has 2 aromatic rings. The summed E-state index contributed by atoms with van der Waals surface area (Å²) >= 11 is 3.36. The Kier molecular flexibility index (Phi) is 3.63. The number of benzene rings is 1. The number of hydrogen-bond donors (Lipinski definition) is 1. The van der Waals surface area contributed by atoms with Crippen molar-refractivity contribution in [1.29, 1.82) is 0 Å². The monoisotopic (exact) mass is 323 g/mol. The summed E-state index contributed by atoms with van der Waals surface area (Å²) in [6.45, 7) is 3.89. The molecule has 2 heterocycles. The number of halogens is 1. The largest absolute Gasteiger partial charge is 0.379 e. The average Bonchev–Trinajstić information content (AvgIpc) is 2.41. The van der Waals surface area contributed by atoms with E-state index in [0.29, 0.717) is 17.8 Å². The summed E-state index contributed by atoms with van der Waals surface area (Å²) in [6, 6.07) is 5.55. The molecule has 1 aliphatic rings. The van der Waals surface area contributed by atoms with E-state index in [2.05, 4.69) is 30.8 Å². The van der Waals surface area contributed by atoms with Crippen molar-refractivity contribution in [3.63, 3.8) is 0 Å². The van der Waals surface area contributed by atoms with Gasteiger partial charge in [0.15, 0.2) is 0 Å². The van der Waals surface area contributed by atoms with Crippen molar-refractivity contribution in [3.8, 4) is 0 Å². The average molecular weight is 324 g/mol. The van der Waals surface area contributed by atoms with Gasteiger partial charge in [0, 0.05) is 17.6 Å². The fraction of sp³-hybridized carbons (Fsp3) is 0.385. The fourth-order valence-corrected chi connectivity index (χ4v) is 2.57. The first-order valence-electron chi connectivity index (χ1n) is 6.21. The Bertz CT molecular complexity index is 650. The number of fused-ring (bicyclic) bond motifs is 1. The van der Waals surface area contributed by atoms with E-state index in [-0.39, 0.29) is 5.56 Å². The molecule has 1 saturated heterocycles. The Morgan fingerprint density at radius 2 is 2.16 bits per heavy atom. The first-order chi connectivity index (χ1) is 9.22. The summed E-state index contributed by atoms with van der Waals surface area (Å²) in [6.07, 6.45) is 0. The number of aromatic nitrogens is 2. The Morgan fingerprint density at radius 3 is 2.95 bits per heavy atom. The van der Waals surface area contributed by atoms with E-state index < -0.39 is 0 Å². The van der Waals surface area contributed by atoms with Crippen LogP contribution in [0.15, 0.2) is 27.5 Å². The molecule has 1 N–H and O–H groups in total. The molecule has 0 saturated carbocycles. The molecule has 1 aromatic heterocycles. The third kappa shape index (κ3) is 2.86. The van der Waals surface area contributed by atoms with Crippen molar-refractivity contribution in [2.45, 2.75) is 6.54 Å². The van der Waals surface area contributed by atoms with Crippen LogP contribution in [-0.4, -0.2) is 41.2 Å². The van der Waals surface area contributed by atoms with Crippen molar-refractivity contribution >= 4 is 26.8 Å². The minimum atomic E-state index is -0.0884. The molecule has 0 bridgehead atoms. The normalized spacial score (nSPS) is 16.9. The third-order valence-electron chi connectivity index (χ3n) is 3.19. The quantitative estimate of drug-likeness (QED) is 0.910. The van der Waals surface area contributed by atoms with Crippen LogP contribution in [0.3, 0.4) is 0 Å². The van der Waals surface area contributed by atoms with Gasteiger partial charge in [0.2, 0.25) is 0 Å². The number of H-pyrrole nitrogens is 1. The van der Waals surface area contributed by atoms with E-state index in [4.69, 9.17) is 4.74 Å². The number of nitrogens with one attached hydrogen (secondary N) is 1. The predicted molar refractivity (Wildman–Crippen MR) is 76.2 cm³/mol. The molecule has 0 radical (unpaired) electrons. The zero-order valence-corrected chi connectivity index (χ0v) is 11.9. The van der Waals surface area contributed by atoms with E-state index in [1.165, 1.54) is 0 Å². The molecule has 100 valence electrons. The maximum Gasteiger partial charge on any atom is 0.258 e. The van der Waals surface area contributed by atoms with Crippen molar-refractivity contribution < 1.29 is 4.74 Å². The van der Waals surface area contributed by atoms with Gasteiger partial charge in [-0.3, -0.25) is 9.69 Å². The van der Waals surface area contributed by atoms with E-state index in [9.17, 15) is 4.79 Å². The molecule has 0 aliphatic carbocycles. The molecule has 0 spiro atoms. The number of rotatable bonds is 2. The molecular formula is C13H14BrN3O2. The molecule has 0 amide bonds. The molecule has 3 rings (SSSR count). The van der Waals surface area contributed by atoms with Gasteiger partial charge < -0.3 is 9.72 Å². The van der Waals surface area contributed by atoms with Gasteiger partial charge in [0.1, 0.15) is 5.82 Å². The second-order valence-electron chi connectivity index (χ2n) is 4.56. The van der Waals surface area contributed by atoms with Crippen LogP contribution in [0.25, 0.3) is 10.9 Å². The van der Waals surface area contributed by atoms with Gasteiger partial charge in [-0.15, -0.1) is 0 Å². The lowest BCUT2D eigenvalue weighted by molar-refractivity contribution is 0.0331. The molecule has 19 heavy (non-hydrogen) atoms. The van der Waals surface area contributed by atoms with Gasteiger partial charge in [-0.25, -0.2) is 4.98 Å². The summed E-state index contributed by atoms with van der Waals surface area (Å²) < 4.78 is 6.19. The lowest BCUT2D eigenvalue weighted by Crippen LogP contribution is -2.36. The van der Waals surface area contributed by atoms with Crippen LogP contribution in [0.5, 0.6) is 0 Å². The number of morpholine rings is 1. The van der Waals surface area contributed by atoms with Gasteiger partial charge in [-0.05, 0) is 18.2 Å². The van der Waals surface area contributed by atoms with E-state index in [1.54, 1.807) is 6.07 Å². The van der Waals surface area contributed by atoms with Gasteiger partial charge in [-0.2, -0.15) is 0 Å². The lowest BCUT2D eigenvalue weighted by Gasteiger charge is -2.25. The van der Waals surface area contributed by atoms with Crippen LogP contribution in [0.1, 0.15) is 5.82 Å². The highest BCUT2D eigenvalue weighted by atomic mass is 79.9. The SMILES string of the molecule is O=c1[nH]c(CN2CCOCC2)nc2ccc(Br)cc12. The van der Waals surface area contributed by atoms with Crippen LogP contribution < -0.4 is 5.56 Å². The molecule has 0 unspecified atom stereocenters. The summed E-state index contributed by atoms with van der Waals surface area (Å²) in [5.74, 6) is 0.710. The van der Waals surface area contributed by atoms with Crippen LogP contribution >= 0.6 is 15.9 Å². The Morgan fingerprint density at radius 1 is 1.37 bits per heavy atom. The van der Waals surface area contributed by atoms with Crippen molar-refractivity contribution in [2.75, 3.05) is 26.3 Å². The zero-order chi connectivity index (χ0) is 13.2. The smallest absolute Gasteiger partial charge is 0.258 e. The van der Waals surface area contributed by atoms with E-state index in [0.717, 1.165) is 36.3 Å². The fourth-order valence-electron chi connectivity index (χ4n) is 2.21. The maximum atomic E-state index is 12.0. The van der Waals surface area contributed by atoms with Gasteiger partial charge >= 0.3 is 0 Å². The summed E-state index contributed by atoms with van der Waals surface area (Å²) in [4.78, 5) is 21.6. The summed E-state index contributed by atoms with van der Waals surface area (Å²) in [5, 5.41) is 0.611. The maximum absolute atomic E-state index is 12.0. The second-order valence-corrected chi connectivity index (χ2v) is 5.48. The minimum absolute atomic E-state index is 0.0884. The van der Waals surface area contributed by atoms with E-state index in [1.807, 2.05) is 12.1 Å². The highest BCUT2D eigenvalue weighted by molar-refractivity contribution is 9.10. The first-order valence-corrected chi connectivity index (χ1v) is 7.00. The van der Waals surface area contributed by atoms with Gasteiger partial charge in [0.25, 0.3) is 5.56 Å². The number of nitrogens with zero attached hydrogens (tertiary/aromatic N) is 2. The lowest BCUT2D eigenvalue weighted by atomic mass is 10.2. The molecule has 1 fully saturated rings. The number of aromatic amines is 1. The number of ether oxygens (including phenoxy) is 1. The molecule has 1 aromatic carbocycles. The number of hydrogen-bond acceptors (Lipinski definition) is 4. The third-order valence-corrected chi connectivity index (χ3v) is 3.69. The predicted octanol–water partition coefficient (Wildman–Crippen LogP) is 1.52. The summed E-state index contributed by atoms with van der Waals surface area (Å²) in [7, 11) is 0. The minimum Gasteiger partial charge on any atom is -0.379 e. The van der Waals surface area contributed by atoms with Crippen LogP contribution in [0.4, 0.5) is 0 Å². The second kappa shape index (κ2) is 5.40. The topological polar surface area (TPSA) is 58.2 Å². The van der Waals surface area contributed by atoms with Crippen LogP contribution in [0.2, 0.25) is 0 Å². The zero-order valence-electron chi connectivity index (χ0n) is 10.4. The van der Waals surface area contributed by atoms with Crippen LogP contribution in [0, 0.1) is 0 Å². The first kappa shape index (κ1) is 12.8. The Labute approximate surface area is 118 Å². The molecule has 6 heteroatoms. The van der Waals surface area contributed by atoms with Crippen molar-refractivity contribution in [1.82, 2.24) is 14.9 Å². The van der Waals surface area contributed by atoms with Crippen LogP contribution in [-0.2, 0) is 11.3 Å². The molecule has 1 aliphatic heterocycles. The Hall–Kier alpha value is -1.24. The summed E-state index contributed by atoms with van der Waals surface area (Å²) in [5.41, 5.74) is 0.643. The highest BCUT2D eigenvalue weighted by Crippen LogP contribution is 2.15. The van der Waals surface area contributed by atoms with Crippen molar-refractivity contribution in [3.05, 3.63) is 38.9 Å². The Balaban J connectivity index is 1.92. The molecular weight excluding hydrogens is 310 g/mol. The molecule has 0 atom stereocenters. The standard InChI is InChI=1S/C13H14BrN3O2/c14-9-1-2-11-10(7-9)13(18)16-12(15-11)8-17-3-5-19-6-4-17/h1-2,7H,3-6,8H2,(H,15,16,18). The van der Waals surface area contributed by atoms with Gasteiger partial charge in [-0.1, -0.05) is 15.9 Å².